The van der Waals surface area contributed by atoms with Crippen LogP contribution in [-0.4, -0.2) is 17.1 Å². The van der Waals surface area contributed by atoms with Gasteiger partial charge in [-0.25, -0.2) is 9.79 Å². The molecule has 0 spiro atoms. The van der Waals surface area contributed by atoms with E-state index in [9.17, 15) is 9.59 Å². The van der Waals surface area contributed by atoms with Gasteiger partial charge in [0.15, 0.2) is 4.80 Å². The Kier molecular flexibility index (Phi) is 6.72. The first-order valence-corrected chi connectivity index (χ1v) is 12.4. The number of thiophene rings is 1. The summed E-state index contributed by atoms with van der Waals surface area (Å²) in [6.45, 7) is 6.01. The van der Waals surface area contributed by atoms with Gasteiger partial charge in [0.05, 0.1) is 22.4 Å². The van der Waals surface area contributed by atoms with Gasteiger partial charge in [0.25, 0.3) is 5.56 Å². The second-order valence-corrected chi connectivity index (χ2v) is 10.5. The van der Waals surface area contributed by atoms with Crippen LogP contribution in [-0.2, 0) is 9.53 Å². The molecule has 1 aliphatic heterocycles. The predicted molar refractivity (Wildman–Crippen MR) is 130 cm³/mol. The summed E-state index contributed by atoms with van der Waals surface area (Å²) in [5.41, 5.74) is 1.23. The minimum absolute atomic E-state index is 0.196. The van der Waals surface area contributed by atoms with Crippen molar-refractivity contribution in [2.45, 2.75) is 26.8 Å². The predicted octanol–water partition coefficient (Wildman–Crippen LogP) is 4.80. The van der Waals surface area contributed by atoms with Crippen molar-refractivity contribution in [1.29, 1.82) is 0 Å². The maximum absolute atomic E-state index is 13.5. The molecule has 0 aliphatic carbocycles. The molecule has 3 heterocycles. The van der Waals surface area contributed by atoms with Gasteiger partial charge in [-0.05, 0) is 42.5 Å². The summed E-state index contributed by atoms with van der Waals surface area (Å²) < 4.78 is 7.52. The van der Waals surface area contributed by atoms with Crippen molar-refractivity contribution in [1.82, 2.24) is 4.57 Å². The normalized spacial score (nSPS) is 16.3. The van der Waals surface area contributed by atoms with Crippen molar-refractivity contribution in [3.8, 4) is 0 Å². The monoisotopic (exact) mass is 506 g/mol. The Morgan fingerprint density at radius 1 is 1.25 bits per heavy atom. The van der Waals surface area contributed by atoms with E-state index >= 15 is 0 Å². The molecular weight excluding hydrogens is 487 g/mol. The van der Waals surface area contributed by atoms with Gasteiger partial charge in [0.2, 0.25) is 0 Å². The van der Waals surface area contributed by atoms with Crippen molar-refractivity contribution >= 4 is 57.9 Å². The summed E-state index contributed by atoms with van der Waals surface area (Å²) in [6.07, 6.45) is 1.68. The molecule has 0 unspecified atom stereocenters. The third-order valence-corrected chi connectivity index (χ3v) is 7.44. The fraction of sp³-hybridized carbons (Fsp3) is 0.261. The van der Waals surface area contributed by atoms with Crippen LogP contribution in [0.2, 0.25) is 10.0 Å². The van der Waals surface area contributed by atoms with Crippen LogP contribution < -0.4 is 14.9 Å². The molecule has 0 saturated carbocycles. The first kappa shape index (κ1) is 23.0. The molecule has 0 saturated heterocycles. The molecule has 3 aromatic rings. The van der Waals surface area contributed by atoms with E-state index in [1.165, 1.54) is 22.7 Å². The summed E-state index contributed by atoms with van der Waals surface area (Å²) in [5.74, 6) is -0.261. The highest BCUT2D eigenvalue weighted by atomic mass is 35.5. The molecule has 0 amide bonds. The van der Waals surface area contributed by atoms with Crippen molar-refractivity contribution in [3.63, 3.8) is 0 Å². The largest absolute Gasteiger partial charge is 0.462 e. The van der Waals surface area contributed by atoms with Crippen molar-refractivity contribution in [3.05, 3.63) is 87.2 Å². The Hall–Kier alpha value is -2.19. The fourth-order valence-corrected chi connectivity index (χ4v) is 5.76. The Morgan fingerprint density at radius 3 is 2.59 bits per heavy atom. The molecule has 32 heavy (non-hydrogen) atoms. The summed E-state index contributed by atoms with van der Waals surface area (Å²) in [7, 11) is 0. The van der Waals surface area contributed by atoms with E-state index in [0.29, 0.717) is 42.8 Å². The van der Waals surface area contributed by atoms with Crippen LogP contribution in [0.4, 0.5) is 0 Å². The van der Waals surface area contributed by atoms with E-state index in [0.717, 1.165) is 4.88 Å². The van der Waals surface area contributed by atoms with Crippen LogP contribution >= 0.6 is 45.9 Å². The Morgan fingerprint density at radius 2 is 1.97 bits per heavy atom. The number of hydrogen-bond donors (Lipinski definition) is 0. The quantitative estimate of drug-likeness (QED) is 0.466. The van der Waals surface area contributed by atoms with E-state index in [1.807, 2.05) is 31.4 Å². The van der Waals surface area contributed by atoms with E-state index in [-0.39, 0.29) is 11.5 Å². The molecule has 166 valence electrons. The number of rotatable bonds is 5. The van der Waals surface area contributed by atoms with Gasteiger partial charge in [0, 0.05) is 20.5 Å². The van der Waals surface area contributed by atoms with Gasteiger partial charge >= 0.3 is 5.97 Å². The highest BCUT2D eigenvalue weighted by molar-refractivity contribution is 7.10. The van der Waals surface area contributed by atoms with E-state index in [2.05, 4.69) is 4.99 Å². The number of thiazole rings is 1. The highest BCUT2D eigenvalue weighted by Gasteiger charge is 2.34. The lowest BCUT2D eigenvalue weighted by atomic mass is 10.0. The third-order valence-electron chi connectivity index (χ3n) is 4.88. The number of aromatic nitrogens is 1. The van der Waals surface area contributed by atoms with Crippen LogP contribution in [0.5, 0.6) is 0 Å². The Labute approximate surface area is 202 Å². The molecule has 1 atom stereocenters. The van der Waals surface area contributed by atoms with Crippen LogP contribution in [0.25, 0.3) is 6.08 Å². The van der Waals surface area contributed by atoms with Gasteiger partial charge in [0.1, 0.15) is 6.04 Å². The van der Waals surface area contributed by atoms with Crippen LogP contribution in [0, 0.1) is 5.92 Å². The van der Waals surface area contributed by atoms with Crippen molar-refractivity contribution < 1.29 is 9.53 Å². The standard InChI is InChI=1S/C23H20Cl2N2O3S2/c1-12(2)11-30-22(29)19-13(3)26-23-27(20(19)17-8-5-9-31-17)21(28)18(32-23)10-14-15(24)6-4-7-16(14)25/h4-10,12,20H,11H2,1-3H3/b18-10+/t20-/m0/s1. The Balaban J connectivity index is 1.91. The van der Waals surface area contributed by atoms with Gasteiger partial charge in [-0.2, -0.15) is 0 Å². The molecule has 4 rings (SSSR count). The lowest BCUT2D eigenvalue weighted by Crippen LogP contribution is -2.39. The molecular formula is C23H20Cl2N2O3S2. The summed E-state index contributed by atoms with van der Waals surface area (Å²) in [5, 5.41) is 2.82. The molecule has 1 aliphatic rings. The highest BCUT2D eigenvalue weighted by Crippen LogP contribution is 2.33. The van der Waals surface area contributed by atoms with Gasteiger partial charge in [-0.1, -0.05) is 60.5 Å². The lowest BCUT2D eigenvalue weighted by molar-refractivity contribution is -0.140. The number of carbonyl (C=O) groups is 1. The van der Waals surface area contributed by atoms with Crippen LogP contribution in [0.15, 0.2) is 56.8 Å². The third kappa shape index (κ3) is 4.35. The second kappa shape index (κ2) is 9.35. The molecule has 0 radical (unpaired) electrons. The van der Waals surface area contributed by atoms with E-state index < -0.39 is 12.0 Å². The van der Waals surface area contributed by atoms with E-state index in [1.54, 1.807) is 35.8 Å². The number of nitrogens with zero attached hydrogens (tertiary/aromatic N) is 2. The molecule has 0 N–H and O–H groups in total. The number of carbonyl (C=O) groups excluding carboxylic acids is 1. The van der Waals surface area contributed by atoms with Crippen molar-refractivity contribution in [2.75, 3.05) is 6.61 Å². The van der Waals surface area contributed by atoms with Crippen LogP contribution in [0.1, 0.15) is 37.3 Å². The van der Waals surface area contributed by atoms with Gasteiger partial charge in [-0.15, -0.1) is 11.3 Å². The summed E-state index contributed by atoms with van der Waals surface area (Å²) >= 11 is 15.3. The zero-order valence-corrected chi connectivity index (χ0v) is 20.7. The smallest absolute Gasteiger partial charge is 0.338 e. The number of ether oxygens (including phenoxy) is 1. The summed E-state index contributed by atoms with van der Waals surface area (Å²) in [4.78, 5) is 32.5. The van der Waals surface area contributed by atoms with E-state index in [4.69, 9.17) is 27.9 Å². The molecule has 2 aromatic heterocycles. The number of allylic oxidation sites excluding steroid dienone is 1. The fourth-order valence-electron chi connectivity index (χ4n) is 3.40. The number of halogens is 2. The number of fused-ring (bicyclic) bond motifs is 1. The van der Waals surface area contributed by atoms with Gasteiger partial charge in [-0.3, -0.25) is 9.36 Å². The molecule has 0 fully saturated rings. The Bertz CT molecular complexity index is 1370. The van der Waals surface area contributed by atoms with Gasteiger partial charge < -0.3 is 4.74 Å². The molecule has 1 aromatic carbocycles. The maximum atomic E-state index is 13.5. The van der Waals surface area contributed by atoms with Crippen LogP contribution in [0.3, 0.4) is 0 Å². The topological polar surface area (TPSA) is 60.7 Å². The first-order chi connectivity index (χ1) is 15.3. The second-order valence-electron chi connectivity index (χ2n) is 7.72. The minimum Gasteiger partial charge on any atom is -0.462 e. The zero-order valence-electron chi connectivity index (χ0n) is 17.6. The average molecular weight is 507 g/mol. The number of esters is 1. The average Bonchev–Trinajstić information content (AvgIpc) is 3.37. The zero-order chi connectivity index (χ0) is 23.0. The lowest BCUT2D eigenvalue weighted by Gasteiger charge is -2.23. The summed E-state index contributed by atoms with van der Waals surface area (Å²) in [6, 6.07) is 8.39. The van der Waals surface area contributed by atoms with Crippen molar-refractivity contribution in [2.24, 2.45) is 10.9 Å². The molecule has 9 heteroatoms. The number of benzene rings is 1. The SMILES string of the molecule is CC1=C(C(=O)OCC(C)C)[C@H](c2cccs2)n2c(s/c(=C/c3c(Cl)cccc3Cl)c2=O)=N1. The molecule has 0 bridgehead atoms. The first-order valence-electron chi connectivity index (χ1n) is 9.95. The maximum Gasteiger partial charge on any atom is 0.338 e. The molecule has 5 nitrogen and oxygen atoms in total. The minimum atomic E-state index is -0.602. The number of hydrogen-bond acceptors (Lipinski definition) is 6.